The van der Waals surface area contributed by atoms with E-state index in [1.807, 2.05) is 5.43 Å². The van der Waals surface area contributed by atoms with Crippen LogP contribution in [0.2, 0.25) is 0 Å². The van der Waals surface area contributed by atoms with Crippen LogP contribution in [0.5, 0.6) is 0 Å². The molecule has 1 N–H and O–H groups in total. The van der Waals surface area contributed by atoms with Crippen molar-refractivity contribution in [1.82, 2.24) is 5.43 Å². The van der Waals surface area contributed by atoms with Crippen molar-refractivity contribution in [3.8, 4) is 0 Å². The van der Waals surface area contributed by atoms with Gasteiger partial charge in [0, 0.05) is 10.9 Å². The molecule has 0 aliphatic heterocycles. The topological polar surface area (TPSA) is 41.5 Å². The van der Waals surface area contributed by atoms with Crippen molar-refractivity contribution in [2.75, 3.05) is 6.54 Å². The van der Waals surface area contributed by atoms with Crippen LogP contribution in [0.1, 0.15) is 0 Å². The lowest BCUT2D eigenvalue weighted by Crippen LogP contribution is -2.08. The van der Waals surface area contributed by atoms with Gasteiger partial charge in [-0.2, -0.15) is 0 Å². The smallest absolute Gasteiger partial charge is 0.127 e. The van der Waals surface area contributed by atoms with E-state index in [1.54, 1.807) is 0 Å². The minimum atomic E-state index is -0.504. The van der Waals surface area contributed by atoms with Crippen LogP contribution in [-0.4, -0.2) is 6.54 Å². The Morgan fingerprint density at radius 3 is 2.82 bits per heavy atom. The number of halogens is 1. The van der Waals surface area contributed by atoms with Crippen molar-refractivity contribution in [2.24, 2.45) is 5.29 Å². The third-order valence-corrected chi connectivity index (χ3v) is 0.959. The highest BCUT2D eigenvalue weighted by molar-refractivity contribution is 5.26. The number of nitrogens with zero attached hydrogens (tertiary/aromatic N) is 1. The van der Waals surface area contributed by atoms with E-state index in [-0.39, 0.29) is 12.1 Å². The molecule has 0 amide bonds. The zero-order valence-corrected chi connectivity index (χ0v) is 6.01. The van der Waals surface area contributed by atoms with E-state index >= 15 is 0 Å². The Labute approximate surface area is 64.2 Å². The molecule has 11 heavy (non-hydrogen) atoms. The number of allylic oxidation sites excluding steroid dienone is 2. The van der Waals surface area contributed by atoms with E-state index in [1.165, 1.54) is 6.08 Å². The Balaban J connectivity index is 3.92. The normalized spacial score (nSPS) is 10.5. The van der Waals surface area contributed by atoms with E-state index < -0.39 is 5.83 Å². The van der Waals surface area contributed by atoms with Crippen molar-refractivity contribution < 1.29 is 4.39 Å². The van der Waals surface area contributed by atoms with Crippen LogP contribution in [0.3, 0.4) is 0 Å². The van der Waals surface area contributed by atoms with Gasteiger partial charge in [0.1, 0.15) is 5.83 Å². The van der Waals surface area contributed by atoms with Crippen LogP contribution in [0.25, 0.3) is 0 Å². The third kappa shape index (κ3) is 4.02. The maximum Gasteiger partial charge on any atom is 0.127 e. The van der Waals surface area contributed by atoms with Gasteiger partial charge in [-0.05, 0) is 6.08 Å². The zero-order chi connectivity index (χ0) is 8.69. The van der Waals surface area contributed by atoms with E-state index in [4.69, 9.17) is 0 Å². The predicted molar refractivity (Wildman–Crippen MR) is 42.3 cm³/mol. The van der Waals surface area contributed by atoms with Gasteiger partial charge < -0.3 is 0 Å². The second kappa shape index (κ2) is 5.34. The molecule has 0 spiro atoms. The van der Waals surface area contributed by atoms with Crippen molar-refractivity contribution in [3.63, 3.8) is 0 Å². The van der Waals surface area contributed by atoms with Gasteiger partial charge in [-0.25, -0.2) is 4.39 Å². The molecule has 0 aromatic carbocycles. The Kier molecular flexibility index (Phi) is 4.64. The molecule has 0 saturated carbocycles. The van der Waals surface area contributed by atoms with E-state index in [2.05, 4.69) is 18.4 Å². The van der Waals surface area contributed by atoms with Crippen LogP contribution in [0.4, 0.5) is 4.39 Å². The predicted octanol–water partition coefficient (Wildman–Crippen LogP) is 1.85. The SMILES string of the molecule is C=C/C=C(/F)C(=C)CNN=O. The molecule has 3 nitrogen and oxygen atoms in total. The summed E-state index contributed by atoms with van der Waals surface area (Å²) in [6, 6.07) is 0. The average Bonchev–Trinajstić information content (AvgIpc) is 2.00. The van der Waals surface area contributed by atoms with Gasteiger partial charge >= 0.3 is 0 Å². The summed E-state index contributed by atoms with van der Waals surface area (Å²) in [4.78, 5) is 9.53. The van der Waals surface area contributed by atoms with Crippen LogP contribution in [-0.2, 0) is 0 Å². The fraction of sp³-hybridized carbons (Fsp3) is 0.143. The highest BCUT2D eigenvalue weighted by atomic mass is 19.1. The molecule has 60 valence electrons. The van der Waals surface area contributed by atoms with Crippen LogP contribution in [0.15, 0.2) is 42.0 Å². The summed E-state index contributed by atoms with van der Waals surface area (Å²) in [5.74, 6) is -0.504. The van der Waals surface area contributed by atoms with Gasteiger partial charge in [-0.1, -0.05) is 19.2 Å². The number of rotatable bonds is 5. The number of nitrogens with one attached hydrogen (secondary N) is 1. The molecule has 0 heterocycles. The molecule has 0 saturated heterocycles. The van der Waals surface area contributed by atoms with Gasteiger partial charge in [0.05, 0.1) is 6.54 Å². The lowest BCUT2D eigenvalue weighted by Gasteiger charge is -1.98. The lowest BCUT2D eigenvalue weighted by molar-refractivity contribution is 0.634. The standard InChI is InChI=1S/C7H9FN2O/c1-3-4-7(8)6(2)5-9-10-11/h3-4H,1-2,5H2,(H,9,11)/b7-4+. The first-order valence-corrected chi connectivity index (χ1v) is 2.94. The van der Waals surface area contributed by atoms with Gasteiger partial charge in [-0.3, -0.25) is 5.43 Å². The molecular weight excluding hydrogens is 147 g/mol. The second-order valence-corrected chi connectivity index (χ2v) is 1.78. The number of nitroso groups, excluding NO2 is 1. The molecule has 0 atom stereocenters. The maximum atomic E-state index is 12.6. The summed E-state index contributed by atoms with van der Waals surface area (Å²) in [5, 5.41) is 2.34. The Morgan fingerprint density at radius 1 is 1.73 bits per heavy atom. The quantitative estimate of drug-likeness (QED) is 0.375. The monoisotopic (exact) mass is 156 g/mol. The Bertz CT molecular complexity index is 199. The zero-order valence-electron chi connectivity index (χ0n) is 6.01. The first kappa shape index (κ1) is 9.55. The molecule has 0 unspecified atom stereocenters. The van der Waals surface area contributed by atoms with E-state index in [9.17, 15) is 9.30 Å². The molecular formula is C7H9FN2O. The van der Waals surface area contributed by atoms with Crippen molar-refractivity contribution in [2.45, 2.75) is 0 Å². The molecule has 0 rings (SSSR count). The van der Waals surface area contributed by atoms with Crippen molar-refractivity contribution in [3.05, 3.63) is 41.6 Å². The van der Waals surface area contributed by atoms with E-state index in [0.717, 1.165) is 6.08 Å². The maximum absolute atomic E-state index is 12.6. The fourth-order valence-electron chi connectivity index (χ4n) is 0.433. The highest BCUT2D eigenvalue weighted by Gasteiger charge is 1.98. The number of hydrogen-bond donors (Lipinski definition) is 1. The molecule has 0 radical (unpaired) electrons. The Morgan fingerprint density at radius 2 is 2.36 bits per heavy atom. The summed E-state index contributed by atoms with van der Waals surface area (Å²) in [6.07, 6.45) is 2.46. The van der Waals surface area contributed by atoms with Gasteiger partial charge in [0.15, 0.2) is 0 Å². The summed E-state index contributed by atoms with van der Waals surface area (Å²) in [6.45, 7) is 6.67. The third-order valence-electron chi connectivity index (χ3n) is 0.959. The van der Waals surface area contributed by atoms with Gasteiger partial charge in [0.25, 0.3) is 0 Å². The summed E-state index contributed by atoms with van der Waals surface area (Å²) < 4.78 is 12.6. The van der Waals surface area contributed by atoms with Crippen molar-refractivity contribution in [1.29, 1.82) is 0 Å². The number of hydrogen-bond acceptors (Lipinski definition) is 2. The molecule has 0 aromatic rings. The average molecular weight is 156 g/mol. The summed E-state index contributed by atoms with van der Waals surface area (Å²) >= 11 is 0. The van der Waals surface area contributed by atoms with Gasteiger partial charge in [-0.15, -0.1) is 4.91 Å². The second-order valence-electron chi connectivity index (χ2n) is 1.78. The van der Waals surface area contributed by atoms with Crippen LogP contribution >= 0.6 is 0 Å². The van der Waals surface area contributed by atoms with Crippen LogP contribution < -0.4 is 5.43 Å². The largest absolute Gasteiger partial charge is 0.269 e. The van der Waals surface area contributed by atoms with Crippen LogP contribution in [0, 0.1) is 4.91 Å². The lowest BCUT2D eigenvalue weighted by atomic mass is 10.2. The fourth-order valence-corrected chi connectivity index (χ4v) is 0.433. The first-order chi connectivity index (χ1) is 5.22. The highest BCUT2D eigenvalue weighted by Crippen LogP contribution is 2.07. The molecule has 0 aliphatic carbocycles. The molecule has 0 aliphatic rings. The summed E-state index contributed by atoms with van der Waals surface area (Å²) in [5.41, 5.74) is 2.21. The molecule has 0 fully saturated rings. The summed E-state index contributed by atoms with van der Waals surface area (Å²) in [7, 11) is 0. The Hall–Kier alpha value is -1.45. The molecule has 4 heteroatoms. The molecule has 0 bridgehead atoms. The minimum Gasteiger partial charge on any atom is -0.269 e. The minimum absolute atomic E-state index is 0.0136. The first-order valence-electron chi connectivity index (χ1n) is 2.94. The van der Waals surface area contributed by atoms with Gasteiger partial charge in [0.2, 0.25) is 0 Å². The molecule has 0 aromatic heterocycles. The van der Waals surface area contributed by atoms with E-state index in [0.29, 0.717) is 0 Å². The van der Waals surface area contributed by atoms with Crippen molar-refractivity contribution >= 4 is 0 Å².